The number of rotatable bonds is 4. The first-order valence-electron chi connectivity index (χ1n) is 8.47. The Morgan fingerprint density at radius 2 is 1.96 bits per heavy atom. The van der Waals surface area contributed by atoms with Crippen LogP contribution in [0.15, 0.2) is 30.3 Å². The summed E-state index contributed by atoms with van der Waals surface area (Å²) in [4.78, 5) is 26.8. The summed E-state index contributed by atoms with van der Waals surface area (Å²) in [6.07, 6.45) is 3.51. The topological polar surface area (TPSA) is 58.6 Å². The molecule has 6 heteroatoms. The summed E-state index contributed by atoms with van der Waals surface area (Å²) in [5, 5.41) is 3.27. The molecule has 1 amide bonds. The minimum absolute atomic E-state index is 0. The van der Waals surface area contributed by atoms with Crippen LogP contribution in [-0.4, -0.2) is 42.5 Å². The molecule has 1 N–H and O–H groups in total. The highest BCUT2D eigenvalue weighted by Gasteiger charge is 2.38. The Kier molecular flexibility index (Phi) is 7.06. The van der Waals surface area contributed by atoms with E-state index < -0.39 is 6.04 Å². The van der Waals surface area contributed by atoms with Crippen molar-refractivity contribution in [1.82, 2.24) is 10.2 Å². The lowest BCUT2D eigenvalue weighted by Gasteiger charge is -2.30. The highest BCUT2D eigenvalue weighted by molar-refractivity contribution is 5.86. The third-order valence-corrected chi connectivity index (χ3v) is 4.68. The molecular weight excluding hydrogens is 328 g/mol. The van der Waals surface area contributed by atoms with Crippen LogP contribution < -0.4 is 5.32 Å². The number of ether oxygens (including phenoxy) is 1. The van der Waals surface area contributed by atoms with Crippen molar-refractivity contribution in [3.8, 4) is 0 Å². The van der Waals surface area contributed by atoms with Gasteiger partial charge in [-0.25, -0.2) is 4.79 Å². The number of benzene rings is 1. The maximum atomic E-state index is 12.7. The zero-order valence-corrected chi connectivity index (χ0v) is 14.6. The molecule has 1 aromatic rings. The van der Waals surface area contributed by atoms with E-state index in [0.29, 0.717) is 13.0 Å². The average molecular weight is 353 g/mol. The molecule has 2 unspecified atom stereocenters. The van der Waals surface area contributed by atoms with Gasteiger partial charge in [0.05, 0.1) is 5.92 Å². The fourth-order valence-electron chi connectivity index (χ4n) is 3.40. The lowest BCUT2D eigenvalue weighted by molar-refractivity contribution is -0.155. The lowest BCUT2D eigenvalue weighted by Crippen LogP contribution is -2.47. The predicted octanol–water partition coefficient (Wildman–Crippen LogP) is 2.14. The fourth-order valence-corrected chi connectivity index (χ4v) is 3.40. The van der Waals surface area contributed by atoms with E-state index in [-0.39, 0.29) is 36.8 Å². The molecule has 2 saturated heterocycles. The monoisotopic (exact) mass is 352 g/mol. The van der Waals surface area contributed by atoms with Crippen LogP contribution in [0.4, 0.5) is 0 Å². The van der Waals surface area contributed by atoms with E-state index in [1.165, 1.54) is 0 Å². The van der Waals surface area contributed by atoms with E-state index in [1.807, 2.05) is 30.3 Å². The van der Waals surface area contributed by atoms with Crippen LogP contribution in [-0.2, 0) is 20.9 Å². The molecular formula is C18H25ClN2O3. The smallest absolute Gasteiger partial charge is 0.329 e. The second kappa shape index (κ2) is 9.04. The van der Waals surface area contributed by atoms with E-state index in [2.05, 4.69) is 5.32 Å². The van der Waals surface area contributed by atoms with Crippen molar-refractivity contribution in [3.63, 3.8) is 0 Å². The van der Waals surface area contributed by atoms with Crippen LogP contribution in [0.3, 0.4) is 0 Å². The number of amides is 1. The Morgan fingerprint density at radius 1 is 1.17 bits per heavy atom. The van der Waals surface area contributed by atoms with Gasteiger partial charge in [0, 0.05) is 13.1 Å². The van der Waals surface area contributed by atoms with Gasteiger partial charge in [0.15, 0.2) is 0 Å². The number of hydrogen-bond acceptors (Lipinski definition) is 4. The summed E-state index contributed by atoms with van der Waals surface area (Å²) in [7, 11) is 0. The van der Waals surface area contributed by atoms with E-state index in [1.54, 1.807) is 4.90 Å². The average Bonchev–Trinajstić information content (AvgIpc) is 3.10. The third-order valence-electron chi connectivity index (χ3n) is 4.68. The minimum Gasteiger partial charge on any atom is -0.459 e. The van der Waals surface area contributed by atoms with Crippen molar-refractivity contribution in [2.75, 3.05) is 19.6 Å². The SMILES string of the molecule is Cl.O=C(OCc1ccccc1)C1CCCN1C(=O)C1CCCNC1. The normalized spacial score (nSPS) is 23.4. The summed E-state index contributed by atoms with van der Waals surface area (Å²) in [6.45, 7) is 2.64. The molecule has 0 radical (unpaired) electrons. The van der Waals surface area contributed by atoms with Gasteiger partial charge in [0.1, 0.15) is 12.6 Å². The molecule has 2 atom stereocenters. The summed E-state index contributed by atoms with van der Waals surface area (Å²) >= 11 is 0. The quantitative estimate of drug-likeness (QED) is 0.843. The standard InChI is InChI=1S/C18H24N2O3.ClH/c21-17(15-8-4-10-19-12-15)20-11-5-9-16(20)18(22)23-13-14-6-2-1-3-7-14;/h1-3,6-7,15-16,19H,4-5,8-13H2;1H. The van der Waals surface area contributed by atoms with Crippen molar-refractivity contribution in [3.05, 3.63) is 35.9 Å². The highest BCUT2D eigenvalue weighted by atomic mass is 35.5. The number of hydrogen-bond donors (Lipinski definition) is 1. The minimum atomic E-state index is -0.409. The van der Waals surface area contributed by atoms with Crippen molar-refractivity contribution in [2.45, 2.75) is 38.3 Å². The molecule has 2 aliphatic heterocycles. The van der Waals surface area contributed by atoms with Gasteiger partial charge in [-0.1, -0.05) is 30.3 Å². The van der Waals surface area contributed by atoms with Gasteiger partial charge >= 0.3 is 5.97 Å². The van der Waals surface area contributed by atoms with E-state index in [9.17, 15) is 9.59 Å². The second-order valence-corrected chi connectivity index (χ2v) is 6.33. The third kappa shape index (κ3) is 4.48. The van der Waals surface area contributed by atoms with Crippen molar-refractivity contribution < 1.29 is 14.3 Å². The molecule has 5 nitrogen and oxygen atoms in total. The zero-order chi connectivity index (χ0) is 16.1. The Morgan fingerprint density at radius 3 is 2.67 bits per heavy atom. The van der Waals surface area contributed by atoms with E-state index in [4.69, 9.17) is 4.74 Å². The van der Waals surface area contributed by atoms with Crippen molar-refractivity contribution in [2.24, 2.45) is 5.92 Å². The Balaban J connectivity index is 0.00000208. The van der Waals surface area contributed by atoms with Crippen LogP contribution >= 0.6 is 12.4 Å². The first-order chi connectivity index (χ1) is 11.3. The van der Waals surface area contributed by atoms with Crippen LogP contribution in [0, 0.1) is 5.92 Å². The molecule has 24 heavy (non-hydrogen) atoms. The van der Waals surface area contributed by atoms with Gasteiger partial charge in [-0.2, -0.15) is 0 Å². The number of halogens is 1. The van der Waals surface area contributed by atoms with Gasteiger partial charge in [-0.15, -0.1) is 12.4 Å². The number of carbonyl (C=O) groups is 2. The largest absolute Gasteiger partial charge is 0.459 e. The van der Waals surface area contributed by atoms with E-state index in [0.717, 1.165) is 37.9 Å². The van der Waals surface area contributed by atoms with Crippen molar-refractivity contribution in [1.29, 1.82) is 0 Å². The van der Waals surface area contributed by atoms with Crippen LogP contribution in [0.2, 0.25) is 0 Å². The number of likely N-dealkylation sites (tertiary alicyclic amines) is 1. The first kappa shape index (κ1) is 18.7. The molecule has 0 bridgehead atoms. The summed E-state index contributed by atoms with van der Waals surface area (Å²) < 4.78 is 5.43. The summed E-state index contributed by atoms with van der Waals surface area (Å²) in [6, 6.07) is 9.22. The van der Waals surface area contributed by atoms with Crippen LogP contribution in [0.25, 0.3) is 0 Å². The number of carbonyl (C=O) groups excluding carboxylic acids is 2. The van der Waals surface area contributed by atoms with Gasteiger partial charge in [-0.3, -0.25) is 4.79 Å². The predicted molar refractivity (Wildman–Crippen MR) is 93.8 cm³/mol. The van der Waals surface area contributed by atoms with Crippen LogP contribution in [0.1, 0.15) is 31.2 Å². The van der Waals surface area contributed by atoms with Gasteiger partial charge in [0.25, 0.3) is 0 Å². The molecule has 1 aromatic carbocycles. The molecule has 0 aliphatic carbocycles. The molecule has 2 aliphatic rings. The Labute approximate surface area is 149 Å². The Bertz CT molecular complexity index is 546. The molecule has 0 aromatic heterocycles. The number of esters is 1. The fraction of sp³-hybridized carbons (Fsp3) is 0.556. The molecule has 0 spiro atoms. The number of nitrogens with zero attached hydrogens (tertiary/aromatic N) is 1. The molecule has 0 saturated carbocycles. The van der Waals surface area contributed by atoms with E-state index >= 15 is 0 Å². The summed E-state index contributed by atoms with van der Waals surface area (Å²) in [5.74, 6) is -0.161. The maximum Gasteiger partial charge on any atom is 0.329 e. The van der Waals surface area contributed by atoms with Gasteiger partial charge in [-0.05, 0) is 37.8 Å². The van der Waals surface area contributed by atoms with Gasteiger partial charge < -0.3 is 15.0 Å². The Hall–Kier alpha value is -1.59. The molecule has 3 rings (SSSR count). The molecule has 132 valence electrons. The second-order valence-electron chi connectivity index (χ2n) is 6.33. The highest BCUT2D eigenvalue weighted by Crippen LogP contribution is 2.23. The number of nitrogens with one attached hydrogen (secondary N) is 1. The zero-order valence-electron chi connectivity index (χ0n) is 13.8. The van der Waals surface area contributed by atoms with Crippen molar-refractivity contribution >= 4 is 24.3 Å². The molecule has 2 fully saturated rings. The van der Waals surface area contributed by atoms with Crippen LogP contribution in [0.5, 0.6) is 0 Å². The number of piperidine rings is 1. The van der Waals surface area contributed by atoms with Gasteiger partial charge in [0.2, 0.25) is 5.91 Å². The maximum absolute atomic E-state index is 12.7. The molecule has 2 heterocycles. The summed E-state index contributed by atoms with van der Waals surface area (Å²) in [5.41, 5.74) is 0.966. The first-order valence-corrected chi connectivity index (χ1v) is 8.47. The lowest BCUT2D eigenvalue weighted by atomic mass is 9.98.